The number of carboxylic acid groups (broad SMARTS) is 1. The fraction of sp³-hybridized carbons (Fsp3) is 0.143. The summed E-state index contributed by atoms with van der Waals surface area (Å²) < 4.78 is 22.8. The lowest BCUT2D eigenvalue weighted by Crippen LogP contribution is -2.21. The zero-order valence-electron chi connectivity index (χ0n) is 10.9. The highest BCUT2D eigenvalue weighted by Gasteiger charge is 2.22. The summed E-state index contributed by atoms with van der Waals surface area (Å²) in [5.74, 6) is -0.597. The van der Waals surface area contributed by atoms with Gasteiger partial charge in [-0.15, -0.1) is 0 Å². The number of rotatable bonds is 3. The molecular weight excluding hydrogens is 292 g/mol. The first-order valence-electron chi connectivity index (χ1n) is 6.25. The topological polar surface area (TPSA) is 96.4 Å². The normalized spacial score (nSPS) is 19.7. The van der Waals surface area contributed by atoms with Crippen LogP contribution in [0, 0.1) is 0 Å². The van der Waals surface area contributed by atoms with Crippen molar-refractivity contribution in [2.24, 2.45) is 0 Å². The van der Waals surface area contributed by atoms with Gasteiger partial charge < -0.3 is 10.4 Å². The minimum atomic E-state index is -3.16. The number of aromatic carboxylic acids is 1. The van der Waals surface area contributed by atoms with Gasteiger partial charge >= 0.3 is 5.97 Å². The molecule has 0 fully saturated rings. The van der Waals surface area contributed by atoms with E-state index in [-0.39, 0.29) is 17.4 Å². The van der Waals surface area contributed by atoms with Crippen LogP contribution in [-0.4, -0.2) is 36.3 Å². The maximum Gasteiger partial charge on any atom is 0.337 e. The molecule has 21 heavy (non-hydrogen) atoms. The molecule has 108 valence electrons. The van der Waals surface area contributed by atoms with Crippen LogP contribution < -0.4 is 5.32 Å². The number of nitrogens with one attached hydrogen (secondary N) is 1. The average molecular weight is 304 g/mol. The minimum Gasteiger partial charge on any atom is -0.478 e. The third-order valence-corrected chi connectivity index (χ3v) is 4.67. The zero-order valence-corrected chi connectivity index (χ0v) is 11.7. The number of hydrogen-bond donors (Lipinski definition) is 2. The Balaban J connectivity index is 2.03. The predicted molar refractivity (Wildman–Crippen MR) is 79.0 cm³/mol. The molecule has 1 atom stereocenters. The Morgan fingerprint density at radius 2 is 2.00 bits per heavy atom. The van der Waals surface area contributed by atoms with Crippen molar-refractivity contribution in [2.75, 3.05) is 11.1 Å². The monoisotopic (exact) mass is 304 g/mol. The van der Waals surface area contributed by atoms with Gasteiger partial charge in [0.2, 0.25) is 0 Å². The molecule has 3 rings (SSSR count). The summed E-state index contributed by atoms with van der Waals surface area (Å²) in [6.45, 7) is 0. The highest BCUT2D eigenvalue weighted by atomic mass is 32.2. The Bertz CT molecular complexity index is 858. The van der Waals surface area contributed by atoms with Crippen molar-refractivity contribution >= 4 is 32.4 Å². The van der Waals surface area contributed by atoms with Crippen LogP contribution in [0.3, 0.4) is 0 Å². The van der Waals surface area contributed by atoms with E-state index >= 15 is 0 Å². The Hall–Kier alpha value is -2.41. The van der Waals surface area contributed by atoms with E-state index in [1.807, 2.05) is 0 Å². The number of sulfone groups is 1. The van der Waals surface area contributed by atoms with Crippen LogP contribution in [0.4, 0.5) is 5.82 Å². The van der Waals surface area contributed by atoms with E-state index < -0.39 is 15.8 Å². The van der Waals surface area contributed by atoms with Crippen molar-refractivity contribution in [3.63, 3.8) is 0 Å². The quantitative estimate of drug-likeness (QED) is 0.895. The summed E-state index contributed by atoms with van der Waals surface area (Å²) in [4.78, 5) is 15.3. The van der Waals surface area contributed by atoms with Gasteiger partial charge in [0.1, 0.15) is 5.82 Å². The Morgan fingerprint density at radius 3 is 2.62 bits per heavy atom. The zero-order chi connectivity index (χ0) is 15.0. The van der Waals surface area contributed by atoms with Gasteiger partial charge in [0.15, 0.2) is 9.84 Å². The van der Waals surface area contributed by atoms with Crippen LogP contribution in [0.25, 0.3) is 10.8 Å². The summed E-state index contributed by atoms with van der Waals surface area (Å²) in [6.07, 6.45) is 2.84. The van der Waals surface area contributed by atoms with Gasteiger partial charge in [-0.2, -0.15) is 0 Å². The Kier molecular flexibility index (Phi) is 3.13. The standard InChI is InChI=1S/C14H12N2O4S/c17-14(18)12-7-15-13(11-4-2-1-3-10(11)12)16-9-5-6-21(19,20)8-9/h1-7,9H,8H2,(H,15,16)(H,17,18). The van der Waals surface area contributed by atoms with E-state index in [1.165, 1.54) is 11.6 Å². The minimum absolute atomic E-state index is 0.0241. The van der Waals surface area contributed by atoms with E-state index in [9.17, 15) is 18.3 Å². The lowest BCUT2D eigenvalue weighted by atomic mass is 10.1. The van der Waals surface area contributed by atoms with Gasteiger partial charge in [0, 0.05) is 22.4 Å². The number of carboxylic acids is 1. The second kappa shape index (κ2) is 4.85. The van der Waals surface area contributed by atoms with Gasteiger partial charge in [-0.1, -0.05) is 24.3 Å². The van der Waals surface area contributed by atoms with Gasteiger partial charge in [-0.25, -0.2) is 18.2 Å². The van der Waals surface area contributed by atoms with Crippen molar-refractivity contribution in [1.82, 2.24) is 4.98 Å². The number of hydrogen-bond acceptors (Lipinski definition) is 5. The van der Waals surface area contributed by atoms with Crippen molar-refractivity contribution < 1.29 is 18.3 Å². The van der Waals surface area contributed by atoms with Crippen LogP contribution in [0.1, 0.15) is 10.4 Å². The fourth-order valence-electron chi connectivity index (χ4n) is 2.32. The lowest BCUT2D eigenvalue weighted by molar-refractivity contribution is 0.0698. The maximum atomic E-state index is 11.4. The van der Waals surface area contributed by atoms with Crippen LogP contribution in [0.5, 0.6) is 0 Å². The molecule has 1 unspecified atom stereocenters. The summed E-state index contributed by atoms with van der Waals surface area (Å²) in [7, 11) is -3.16. The molecule has 0 bridgehead atoms. The van der Waals surface area contributed by atoms with Gasteiger partial charge in [-0.05, 0) is 6.08 Å². The van der Waals surface area contributed by atoms with Crippen LogP contribution >= 0.6 is 0 Å². The largest absolute Gasteiger partial charge is 0.478 e. The molecule has 0 saturated heterocycles. The molecule has 6 nitrogen and oxygen atoms in total. The number of carbonyl (C=O) groups is 1. The number of benzene rings is 1. The summed E-state index contributed by atoms with van der Waals surface area (Å²) >= 11 is 0. The van der Waals surface area contributed by atoms with E-state index in [2.05, 4.69) is 10.3 Å². The smallest absolute Gasteiger partial charge is 0.337 e. The molecule has 0 spiro atoms. The fourth-order valence-corrected chi connectivity index (χ4v) is 3.55. The molecule has 0 amide bonds. The van der Waals surface area contributed by atoms with Gasteiger partial charge in [0.05, 0.1) is 17.4 Å². The highest BCUT2D eigenvalue weighted by Crippen LogP contribution is 2.26. The number of fused-ring (bicyclic) bond motifs is 1. The Morgan fingerprint density at radius 1 is 1.29 bits per heavy atom. The molecule has 7 heteroatoms. The Labute approximate surface area is 121 Å². The maximum absolute atomic E-state index is 11.4. The van der Waals surface area contributed by atoms with Crippen molar-refractivity contribution in [2.45, 2.75) is 6.04 Å². The second-order valence-corrected chi connectivity index (χ2v) is 6.71. The molecule has 2 aromatic rings. The SMILES string of the molecule is O=C(O)c1cnc(NC2C=CS(=O)(=O)C2)c2ccccc12. The van der Waals surface area contributed by atoms with E-state index in [0.29, 0.717) is 16.6 Å². The van der Waals surface area contributed by atoms with Crippen LogP contribution in [0.2, 0.25) is 0 Å². The first-order chi connectivity index (χ1) is 9.96. The molecule has 1 aliphatic rings. The third-order valence-electron chi connectivity index (χ3n) is 3.28. The molecular formula is C14H12N2O4S. The van der Waals surface area contributed by atoms with Crippen molar-refractivity contribution in [3.05, 3.63) is 47.5 Å². The molecule has 0 aliphatic carbocycles. The molecule has 0 saturated carbocycles. The van der Waals surface area contributed by atoms with Crippen LogP contribution in [-0.2, 0) is 9.84 Å². The number of pyridine rings is 1. The first-order valence-corrected chi connectivity index (χ1v) is 7.96. The molecule has 1 aromatic heterocycles. The molecule has 1 aromatic carbocycles. The second-order valence-electron chi connectivity index (χ2n) is 4.78. The molecule has 2 heterocycles. The third kappa shape index (κ3) is 2.59. The molecule has 0 radical (unpaired) electrons. The summed E-state index contributed by atoms with van der Waals surface area (Å²) in [6, 6.07) is 6.62. The van der Waals surface area contributed by atoms with Crippen molar-refractivity contribution in [3.8, 4) is 0 Å². The summed E-state index contributed by atoms with van der Waals surface area (Å²) in [5.41, 5.74) is 0.116. The van der Waals surface area contributed by atoms with E-state index in [4.69, 9.17) is 0 Å². The van der Waals surface area contributed by atoms with Gasteiger partial charge in [-0.3, -0.25) is 0 Å². The van der Waals surface area contributed by atoms with Gasteiger partial charge in [0.25, 0.3) is 0 Å². The summed E-state index contributed by atoms with van der Waals surface area (Å²) in [5, 5.41) is 14.6. The number of nitrogens with zero attached hydrogens (tertiary/aromatic N) is 1. The van der Waals surface area contributed by atoms with Crippen molar-refractivity contribution in [1.29, 1.82) is 0 Å². The lowest BCUT2D eigenvalue weighted by Gasteiger charge is -2.13. The van der Waals surface area contributed by atoms with Crippen LogP contribution in [0.15, 0.2) is 41.9 Å². The average Bonchev–Trinajstić information content (AvgIpc) is 2.78. The number of anilines is 1. The predicted octanol–water partition coefficient (Wildman–Crippen LogP) is 1.66. The van der Waals surface area contributed by atoms with E-state index in [0.717, 1.165) is 0 Å². The molecule has 2 N–H and O–H groups in total. The molecule has 1 aliphatic heterocycles. The number of aromatic nitrogens is 1. The highest BCUT2D eigenvalue weighted by molar-refractivity contribution is 7.94. The van der Waals surface area contributed by atoms with E-state index in [1.54, 1.807) is 30.3 Å². The first kappa shape index (κ1) is 13.6.